The summed E-state index contributed by atoms with van der Waals surface area (Å²) in [5.41, 5.74) is 0. The van der Waals surface area contributed by atoms with Crippen LogP contribution in [-0.2, 0) is 33.3 Å². The number of ether oxygens (including phenoxy) is 4. The quantitative estimate of drug-likeness (QED) is 0.224. The number of carbonyl (C=O) groups is 3. The molecular formula is C18H32O8. The predicted molar refractivity (Wildman–Crippen MR) is 95.4 cm³/mol. The molecule has 0 aromatic heterocycles. The molecule has 0 saturated carbocycles. The Bertz CT molecular complexity index is 369. The van der Waals surface area contributed by atoms with Crippen LogP contribution in [-0.4, -0.2) is 62.7 Å². The zero-order chi connectivity index (χ0) is 20.0. The van der Waals surface area contributed by atoms with Crippen LogP contribution in [0.4, 0.5) is 0 Å². The number of esters is 3. The third kappa shape index (κ3) is 24.3. The first kappa shape index (κ1) is 26.3. The van der Waals surface area contributed by atoms with E-state index < -0.39 is 11.9 Å². The highest BCUT2D eigenvalue weighted by molar-refractivity contribution is 5.91. The molecule has 152 valence electrons. The largest absolute Gasteiger partial charge is 0.463 e. The molecule has 0 aromatic rings. The number of aliphatic hydroxyl groups excluding tert-OH is 1. The maximum atomic E-state index is 11.0. The molecule has 0 fully saturated rings. The summed E-state index contributed by atoms with van der Waals surface area (Å²) in [5.74, 6) is -1.31. The first-order chi connectivity index (χ1) is 12.5. The van der Waals surface area contributed by atoms with E-state index in [1.807, 2.05) is 13.8 Å². The Morgan fingerprint density at radius 1 is 0.769 bits per heavy atom. The van der Waals surface area contributed by atoms with Crippen molar-refractivity contribution in [2.75, 3.05) is 39.6 Å². The Morgan fingerprint density at radius 2 is 1.27 bits per heavy atom. The standard InChI is InChI=1S/C12H20O4.C6H12O4/c1-3-5-9-15-11(13)7-8-12(14)16-10-6-4-2;1-6(8)10-5-4-9-3-2-7/h7-8H,3-6,9-10H2,1-2H3;7H,2-5H2,1H3. The first-order valence-electron chi connectivity index (χ1n) is 8.81. The topological polar surface area (TPSA) is 108 Å². The molecule has 8 nitrogen and oxygen atoms in total. The van der Waals surface area contributed by atoms with Gasteiger partial charge in [-0.1, -0.05) is 26.7 Å². The number of aliphatic hydroxyl groups is 1. The molecule has 0 aliphatic rings. The highest BCUT2D eigenvalue weighted by Gasteiger charge is 2.00. The summed E-state index contributed by atoms with van der Waals surface area (Å²) < 4.78 is 19.0. The normalized spacial score (nSPS) is 10.0. The third-order valence-corrected chi connectivity index (χ3v) is 2.61. The molecule has 0 bridgehead atoms. The van der Waals surface area contributed by atoms with Gasteiger partial charge in [0.05, 0.1) is 33.0 Å². The lowest BCUT2D eigenvalue weighted by Crippen LogP contribution is -2.09. The Labute approximate surface area is 155 Å². The van der Waals surface area contributed by atoms with Crippen LogP contribution in [0.5, 0.6) is 0 Å². The molecule has 0 radical (unpaired) electrons. The Balaban J connectivity index is 0. The van der Waals surface area contributed by atoms with E-state index in [1.165, 1.54) is 6.92 Å². The molecule has 0 aromatic carbocycles. The molecule has 0 rings (SSSR count). The third-order valence-electron chi connectivity index (χ3n) is 2.61. The van der Waals surface area contributed by atoms with Gasteiger partial charge in [0.1, 0.15) is 6.61 Å². The van der Waals surface area contributed by atoms with Gasteiger partial charge in [0.2, 0.25) is 0 Å². The summed E-state index contributed by atoms with van der Waals surface area (Å²) in [4.78, 5) is 32.2. The van der Waals surface area contributed by atoms with Crippen LogP contribution < -0.4 is 0 Å². The fourth-order valence-corrected chi connectivity index (χ4v) is 1.28. The van der Waals surface area contributed by atoms with Gasteiger partial charge >= 0.3 is 17.9 Å². The van der Waals surface area contributed by atoms with Gasteiger partial charge < -0.3 is 24.1 Å². The van der Waals surface area contributed by atoms with Crippen molar-refractivity contribution in [3.63, 3.8) is 0 Å². The number of rotatable bonds is 13. The molecule has 0 heterocycles. The number of hydrogen-bond donors (Lipinski definition) is 1. The van der Waals surface area contributed by atoms with Crippen molar-refractivity contribution in [2.24, 2.45) is 0 Å². The molecule has 0 saturated heterocycles. The van der Waals surface area contributed by atoms with Crippen LogP contribution >= 0.6 is 0 Å². The predicted octanol–water partition coefficient (Wildman–Crippen LogP) is 1.79. The van der Waals surface area contributed by atoms with Crippen molar-refractivity contribution in [3.05, 3.63) is 12.2 Å². The Hall–Kier alpha value is -1.93. The molecule has 0 aliphatic carbocycles. The van der Waals surface area contributed by atoms with Crippen molar-refractivity contribution in [2.45, 2.75) is 46.5 Å². The van der Waals surface area contributed by atoms with Crippen LogP contribution in [0, 0.1) is 0 Å². The number of carbonyl (C=O) groups excluding carboxylic acids is 3. The van der Waals surface area contributed by atoms with E-state index >= 15 is 0 Å². The lowest BCUT2D eigenvalue weighted by atomic mass is 10.4. The fourth-order valence-electron chi connectivity index (χ4n) is 1.28. The van der Waals surface area contributed by atoms with E-state index in [4.69, 9.17) is 19.3 Å². The SMILES string of the molecule is CC(=O)OCCOCCO.CCCCOC(=O)C=CC(=O)OCCCC. The second-order valence-electron chi connectivity index (χ2n) is 5.05. The molecule has 8 heteroatoms. The van der Waals surface area contributed by atoms with Crippen molar-refractivity contribution in [1.82, 2.24) is 0 Å². The minimum absolute atomic E-state index is 0.0000709. The van der Waals surface area contributed by atoms with E-state index in [0.29, 0.717) is 26.4 Å². The van der Waals surface area contributed by atoms with Crippen molar-refractivity contribution in [3.8, 4) is 0 Å². The highest BCUT2D eigenvalue weighted by Crippen LogP contribution is 1.92. The minimum Gasteiger partial charge on any atom is -0.463 e. The molecule has 0 atom stereocenters. The van der Waals surface area contributed by atoms with Crippen LogP contribution in [0.15, 0.2) is 12.2 Å². The van der Waals surface area contributed by atoms with Gasteiger partial charge in [-0.25, -0.2) is 9.59 Å². The van der Waals surface area contributed by atoms with E-state index in [-0.39, 0.29) is 19.2 Å². The molecule has 1 N–H and O–H groups in total. The van der Waals surface area contributed by atoms with Crippen LogP contribution in [0.25, 0.3) is 0 Å². The van der Waals surface area contributed by atoms with Crippen LogP contribution in [0.2, 0.25) is 0 Å². The molecule has 0 amide bonds. The van der Waals surface area contributed by atoms with Crippen LogP contribution in [0.3, 0.4) is 0 Å². The van der Waals surface area contributed by atoms with Crippen molar-refractivity contribution in [1.29, 1.82) is 0 Å². The molecule has 0 spiro atoms. The van der Waals surface area contributed by atoms with E-state index in [1.54, 1.807) is 0 Å². The number of unbranched alkanes of at least 4 members (excludes halogenated alkanes) is 2. The second kappa shape index (κ2) is 21.1. The lowest BCUT2D eigenvalue weighted by Gasteiger charge is -2.01. The molecule has 26 heavy (non-hydrogen) atoms. The summed E-state index contributed by atoms with van der Waals surface area (Å²) in [7, 11) is 0. The average molecular weight is 376 g/mol. The maximum absolute atomic E-state index is 11.0. The summed E-state index contributed by atoms with van der Waals surface area (Å²) in [6, 6.07) is 0. The summed E-state index contributed by atoms with van der Waals surface area (Å²) >= 11 is 0. The van der Waals surface area contributed by atoms with Gasteiger partial charge in [-0.2, -0.15) is 0 Å². The van der Waals surface area contributed by atoms with E-state index in [0.717, 1.165) is 37.8 Å². The summed E-state index contributed by atoms with van der Waals surface area (Å²) in [6.45, 7) is 7.04. The minimum atomic E-state index is -0.499. The summed E-state index contributed by atoms with van der Waals surface area (Å²) in [6.07, 6.45) is 5.81. The van der Waals surface area contributed by atoms with Crippen molar-refractivity contribution >= 4 is 17.9 Å². The van der Waals surface area contributed by atoms with Crippen molar-refractivity contribution < 1.29 is 38.4 Å². The maximum Gasteiger partial charge on any atom is 0.331 e. The van der Waals surface area contributed by atoms with E-state index in [9.17, 15) is 14.4 Å². The lowest BCUT2D eigenvalue weighted by molar-refractivity contribution is -0.142. The van der Waals surface area contributed by atoms with Gasteiger partial charge in [-0.3, -0.25) is 4.79 Å². The highest BCUT2D eigenvalue weighted by atomic mass is 16.6. The van der Waals surface area contributed by atoms with Gasteiger partial charge in [0.15, 0.2) is 0 Å². The van der Waals surface area contributed by atoms with Gasteiger partial charge in [0.25, 0.3) is 0 Å². The van der Waals surface area contributed by atoms with E-state index in [2.05, 4.69) is 4.74 Å². The Morgan fingerprint density at radius 3 is 1.65 bits per heavy atom. The molecule has 0 aliphatic heterocycles. The fraction of sp³-hybridized carbons (Fsp3) is 0.722. The molecular weight excluding hydrogens is 344 g/mol. The van der Waals surface area contributed by atoms with Gasteiger partial charge in [0, 0.05) is 19.1 Å². The zero-order valence-corrected chi connectivity index (χ0v) is 16.0. The molecule has 0 unspecified atom stereocenters. The van der Waals surface area contributed by atoms with Gasteiger partial charge in [-0.15, -0.1) is 0 Å². The summed E-state index contributed by atoms with van der Waals surface area (Å²) in [5, 5.41) is 8.24. The monoisotopic (exact) mass is 376 g/mol. The average Bonchev–Trinajstić information content (AvgIpc) is 2.60. The van der Waals surface area contributed by atoms with Crippen LogP contribution in [0.1, 0.15) is 46.5 Å². The second-order valence-corrected chi connectivity index (χ2v) is 5.05. The smallest absolute Gasteiger partial charge is 0.331 e. The number of hydrogen-bond acceptors (Lipinski definition) is 8. The van der Waals surface area contributed by atoms with Gasteiger partial charge in [-0.05, 0) is 12.8 Å². The Kier molecular flexibility index (Phi) is 21.4. The first-order valence-corrected chi connectivity index (χ1v) is 8.81. The zero-order valence-electron chi connectivity index (χ0n) is 16.0.